The van der Waals surface area contributed by atoms with Crippen LogP contribution in [0.5, 0.6) is 5.75 Å². The number of ether oxygens (including phenoxy) is 1. The highest BCUT2D eigenvalue weighted by atomic mass is 32.1. The highest BCUT2D eigenvalue weighted by molar-refractivity contribution is 7.12. The van der Waals surface area contributed by atoms with Gasteiger partial charge in [-0.05, 0) is 34.7 Å². The van der Waals surface area contributed by atoms with Crippen molar-refractivity contribution in [2.75, 3.05) is 12.8 Å². The quantitative estimate of drug-likeness (QED) is 0.655. The highest BCUT2D eigenvalue weighted by Crippen LogP contribution is 2.29. The van der Waals surface area contributed by atoms with E-state index in [0.717, 1.165) is 17.4 Å². The zero-order chi connectivity index (χ0) is 11.5. The van der Waals surface area contributed by atoms with Crippen LogP contribution in [0.2, 0.25) is 0 Å². The van der Waals surface area contributed by atoms with Crippen molar-refractivity contribution in [1.29, 1.82) is 0 Å². The summed E-state index contributed by atoms with van der Waals surface area (Å²) in [5.74, 6) is 0.717. The Morgan fingerprint density at radius 1 is 1.25 bits per heavy atom. The van der Waals surface area contributed by atoms with E-state index in [1.807, 2.05) is 23.6 Å². The molecule has 0 amide bonds. The molecule has 0 atom stereocenters. The number of anilines is 1. The van der Waals surface area contributed by atoms with E-state index >= 15 is 0 Å². The summed E-state index contributed by atoms with van der Waals surface area (Å²) in [6.45, 7) is 0. The number of nitrogen functional groups attached to an aromatic ring is 1. The lowest BCUT2D eigenvalue weighted by Crippen LogP contribution is -1.89. The van der Waals surface area contributed by atoms with Gasteiger partial charge in [-0.3, -0.25) is 4.79 Å². The summed E-state index contributed by atoms with van der Waals surface area (Å²) in [5.41, 5.74) is 8.36. The molecule has 0 fully saturated rings. The molecule has 1 heterocycles. The Labute approximate surface area is 97.5 Å². The van der Waals surface area contributed by atoms with Crippen LogP contribution < -0.4 is 10.5 Å². The average Bonchev–Trinajstić information content (AvgIpc) is 2.76. The van der Waals surface area contributed by atoms with Gasteiger partial charge in [-0.1, -0.05) is 0 Å². The standard InChI is InChI=1S/C12H11NO2S/c1-15-11-3-8(2-10(13)5-11)9-4-12(6-14)16-7-9/h2-7H,13H2,1H3. The normalized spacial score (nSPS) is 10.1. The highest BCUT2D eigenvalue weighted by Gasteiger charge is 2.04. The second kappa shape index (κ2) is 4.37. The first-order valence-corrected chi connectivity index (χ1v) is 5.59. The van der Waals surface area contributed by atoms with Crippen LogP contribution in [0.3, 0.4) is 0 Å². The largest absolute Gasteiger partial charge is 0.497 e. The van der Waals surface area contributed by atoms with Gasteiger partial charge in [-0.25, -0.2) is 0 Å². The molecule has 0 saturated heterocycles. The molecule has 2 rings (SSSR count). The van der Waals surface area contributed by atoms with Gasteiger partial charge in [0.1, 0.15) is 5.75 Å². The van der Waals surface area contributed by atoms with E-state index in [2.05, 4.69) is 0 Å². The lowest BCUT2D eigenvalue weighted by Gasteiger charge is -2.04. The van der Waals surface area contributed by atoms with Crippen molar-refractivity contribution in [2.45, 2.75) is 0 Å². The Morgan fingerprint density at radius 3 is 2.69 bits per heavy atom. The molecule has 2 N–H and O–H groups in total. The smallest absolute Gasteiger partial charge is 0.160 e. The third-order valence-corrected chi connectivity index (χ3v) is 3.09. The first-order chi connectivity index (χ1) is 7.72. The summed E-state index contributed by atoms with van der Waals surface area (Å²) < 4.78 is 5.14. The Morgan fingerprint density at radius 2 is 2.06 bits per heavy atom. The maximum atomic E-state index is 10.6. The number of thiophene rings is 1. The van der Waals surface area contributed by atoms with Gasteiger partial charge in [0.15, 0.2) is 6.29 Å². The third kappa shape index (κ3) is 2.06. The van der Waals surface area contributed by atoms with E-state index in [9.17, 15) is 4.79 Å². The van der Waals surface area contributed by atoms with E-state index in [4.69, 9.17) is 10.5 Å². The van der Waals surface area contributed by atoms with E-state index in [-0.39, 0.29) is 0 Å². The van der Waals surface area contributed by atoms with E-state index in [0.29, 0.717) is 16.3 Å². The van der Waals surface area contributed by atoms with Gasteiger partial charge in [0.25, 0.3) is 0 Å². The summed E-state index contributed by atoms with van der Waals surface area (Å²) in [7, 11) is 1.60. The minimum Gasteiger partial charge on any atom is -0.497 e. The van der Waals surface area contributed by atoms with Crippen LogP contribution in [0, 0.1) is 0 Å². The molecule has 82 valence electrons. The fourth-order valence-corrected chi connectivity index (χ4v) is 2.19. The van der Waals surface area contributed by atoms with Crippen LogP contribution in [0.4, 0.5) is 5.69 Å². The zero-order valence-corrected chi connectivity index (χ0v) is 9.58. The fraction of sp³-hybridized carbons (Fsp3) is 0.0833. The minimum atomic E-state index is 0.646. The molecule has 0 saturated carbocycles. The minimum absolute atomic E-state index is 0.646. The van der Waals surface area contributed by atoms with Crippen LogP contribution >= 0.6 is 11.3 Å². The lowest BCUT2D eigenvalue weighted by atomic mass is 10.1. The predicted molar refractivity (Wildman–Crippen MR) is 66.1 cm³/mol. The number of hydrogen-bond acceptors (Lipinski definition) is 4. The molecule has 1 aromatic carbocycles. The number of benzene rings is 1. The molecule has 0 unspecified atom stereocenters. The van der Waals surface area contributed by atoms with Crippen molar-refractivity contribution in [3.8, 4) is 16.9 Å². The van der Waals surface area contributed by atoms with Gasteiger partial charge >= 0.3 is 0 Å². The van der Waals surface area contributed by atoms with Crippen molar-refractivity contribution in [3.05, 3.63) is 34.5 Å². The first-order valence-electron chi connectivity index (χ1n) is 4.71. The number of carbonyl (C=O) groups excluding carboxylic acids is 1. The fourth-order valence-electron chi connectivity index (χ4n) is 1.47. The topological polar surface area (TPSA) is 52.3 Å². The monoisotopic (exact) mass is 233 g/mol. The van der Waals surface area contributed by atoms with E-state index in [1.54, 1.807) is 13.2 Å². The van der Waals surface area contributed by atoms with Crippen molar-refractivity contribution in [3.63, 3.8) is 0 Å². The average molecular weight is 233 g/mol. The number of hydrogen-bond donors (Lipinski definition) is 1. The Balaban J connectivity index is 2.46. The molecule has 2 aromatic rings. The summed E-state index contributed by atoms with van der Waals surface area (Å²) in [6.07, 6.45) is 0.845. The number of rotatable bonds is 3. The molecular formula is C12H11NO2S. The molecule has 0 aliphatic carbocycles. The SMILES string of the molecule is COc1cc(N)cc(-c2csc(C=O)c2)c1. The molecule has 3 nitrogen and oxygen atoms in total. The molecule has 0 bridgehead atoms. The summed E-state index contributed by atoms with van der Waals surface area (Å²) in [5, 5.41) is 1.93. The lowest BCUT2D eigenvalue weighted by molar-refractivity contribution is 0.112. The molecule has 0 spiro atoms. The first kappa shape index (κ1) is 10.7. The van der Waals surface area contributed by atoms with Crippen molar-refractivity contribution >= 4 is 23.3 Å². The van der Waals surface area contributed by atoms with Gasteiger partial charge in [0.2, 0.25) is 0 Å². The van der Waals surface area contributed by atoms with Crippen LogP contribution in [-0.4, -0.2) is 13.4 Å². The van der Waals surface area contributed by atoms with Crippen LogP contribution in [-0.2, 0) is 0 Å². The van der Waals surface area contributed by atoms with Gasteiger partial charge in [0, 0.05) is 11.8 Å². The van der Waals surface area contributed by atoms with Crippen molar-refractivity contribution in [1.82, 2.24) is 0 Å². The molecule has 1 aromatic heterocycles. The van der Waals surface area contributed by atoms with Crippen LogP contribution in [0.15, 0.2) is 29.6 Å². The molecule has 4 heteroatoms. The van der Waals surface area contributed by atoms with E-state index < -0.39 is 0 Å². The Kier molecular flexibility index (Phi) is 2.92. The molecule has 16 heavy (non-hydrogen) atoms. The number of carbonyl (C=O) groups is 1. The summed E-state index contributed by atoms with van der Waals surface area (Å²) in [6, 6.07) is 7.36. The number of aldehydes is 1. The maximum Gasteiger partial charge on any atom is 0.160 e. The van der Waals surface area contributed by atoms with Crippen LogP contribution in [0.1, 0.15) is 9.67 Å². The Hall–Kier alpha value is -1.81. The van der Waals surface area contributed by atoms with Gasteiger partial charge in [0.05, 0.1) is 12.0 Å². The Bertz CT molecular complexity index is 519. The summed E-state index contributed by atoms with van der Waals surface area (Å²) in [4.78, 5) is 11.3. The predicted octanol–water partition coefficient (Wildman–Crippen LogP) is 2.82. The van der Waals surface area contributed by atoms with E-state index in [1.165, 1.54) is 11.3 Å². The number of methoxy groups -OCH3 is 1. The molecule has 0 aliphatic heterocycles. The van der Waals surface area contributed by atoms with Crippen molar-refractivity contribution < 1.29 is 9.53 Å². The van der Waals surface area contributed by atoms with Gasteiger partial charge < -0.3 is 10.5 Å². The molecule has 0 aliphatic rings. The van der Waals surface area contributed by atoms with Crippen molar-refractivity contribution in [2.24, 2.45) is 0 Å². The zero-order valence-electron chi connectivity index (χ0n) is 8.77. The third-order valence-electron chi connectivity index (χ3n) is 2.23. The maximum absolute atomic E-state index is 10.6. The summed E-state index contributed by atoms with van der Waals surface area (Å²) >= 11 is 1.41. The molecular weight excluding hydrogens is 222 g/mol. The second-order valence-electron chi connectivity index (χ2n) is 3.35. The van der Waals surface area contributed by atoms with Crippen LogP contribution in [0.25, 0.3) is 11.1 Å². The molecule has 0 radical (unpaired) electrons. The number of nitrogens with two attached hydrogens (primary N) is 1. The van der Waals surface area contributed by atoms with Gasteiger partial charge in [-0.2, -0.15) is 0 Å². The van der Waals surface area contributed by atoms with Gasteiger partial charge in [-0.15, -0.1) is 11.3 Å². The second-order valence-corrected chi connectivity index (χ2v) is 4.29.